The summed E-state index contributed by atoms with van der Waals surface area (Å²) in [6, 6.07) is 13.0. The molecule has 9 aliphatic heterocycles. The second kappa shape index (κ2) is 35.9. The standard InChI is InChI=1S/C19H29N5O2.C18H32N6.C16H27N5O3S.C14H23N5.C12H21N5/c1-19(2,3)15-10-16(20-14-11-26-12-14)22-18(21-15)24-8-6-23(7-9-24)17(25)13-4-5-13;1-13(2)23-6-8-24(9-7-23)17-21-15(18(3,4)5)10-16(22-17)20-14-11-19-12-14;1-16(2,3)13-9-14(17-12-10-24-11-12)19-15(18-13)20-5-7-21(8-6-20)25(4,22)23;1-14(2,3)11-7-12(16-10-8-15-9-10)18-13(17-11)19-5-4-6-19;1-12(2,3)9-5-10(15-8-6-14-7-8)17-11(13-4)16-9/h10,13-14H,4-9,11-12H2,1-3H3,(H,20,21,22);10,13-14,19H,6-9,11-12H2,1-5H3,(H,20,21,22);9,12H,5-8,10-11H2,1-4H3,(H,17,18,19);7,10,15H,4-6,8-9H2,1-3H3,(H,16,17,18);5,8,14H,6-7H2,1-4H3,(H2,13,15,16,17). The van der Waals surface area contributed by atoms with Crippen molar-refractivity contribution >= 4 is 74.8 Å². The summed E-state index contributed by atoms with van der Waals surface area (Å²) in [5.74, 6) is 8.97. The molecule has 15 rings (SSSR count). The van der Waals surface area contributed by atoms with E-state index in [9.17, 15) is 13.2 Å². The highest BCUT2D eigenvalue weighted by molar-refractivity contribution is 7.88. The zero-order valence-corrected chi connectivity index (χ0v) is 70.9. The van der Waals surface area contributed by atoms with Crippen molar-refractivity contribution in [1.29, 1.82) is 0 Å². The molecule has 9 N–H and O–H groups in total. The number of hydrogen-bond donors (Lipinski definition) is 9. The van der Waals surface area contributed by atoms with Crippen molar-refractivity contribution in [2.75, 3.05) is 222 Å². The Bertz CT molecular complexity index is 3970. The molecule has 0 bridgehead atoms. The number of ether oxygens (including phenoxy) is 2. The average molecular weight is 1560 g/mol. The fraction of sp³-hybridized carbons (Fsp3) is 0.734. The number of aromatic nitrogens is 10. The van der Waals surface area contributed by atoms with Gasteiger partial charge in [-0.2, -0.15) is 29.2 Å². The predicted molar refractivity (Wildman–Crippen MR) is 446 cm³/mol. The van der Waals surface area contributed by atoms with Gasteiger partial charge in [0.25, 0.3) is 0 Å². The van der Waals surface area contributed by atoms with Crippen LogP contribution in [0.2, 0.25) is 0 Å². The molecule has 1 saturated carbocycles. The molecule has 14 heterocycles. The number of anilines is 10. The second-order valence-corrected chi connectivity index (χ2v) is 38.6. The number of nitrogens with zero attached hydrogens (tertiary/aromatic N) is 17. The molecule has 1 amide bonds. The van der Waals surface area contributed by atoms with Gasteiger partial charge in [-0.15, -0.1) is 0 Å². The first-order valence-electron chi connectivity index (χ1n) is 40.6. The lowest BCUT2D eigenvalue weighted by Gasteiger charge is -2.37. The Morgan fingerprint density at radius 2 is 0.712 bits per heavy atom. The van der Waals surface area contributed by atoms with E-state index in [1.54, 1.807) is 0 Å². The van der Waals surface area contributed by atoms with Crippen molar-refractivity contribution in [3.8, 4) is 0 Å². The fourth-order valence-corrected chi connectivity index (χ4v) is 13.7. The molecule has 10 fully saturated rings. The zero-order chi connectivity index (χ0) is 79.8. The van der Waals surface area contributed by atoms with Crippen molar-refractivity contribution in [2.45, 2.75) is 200 Å². The van der Waals surface area contributed by atoms with Gasteiger partial charge in [-0.1, -0.05) is 104 Å². The summed E-state index contributed by atoms with van der Waals surface area (Å²) in [5.41, 5.74) is 5.21. The lowest BCUT2D eigenvalue weighted by atomic mass is 9.92. The highest BCUT2D eigenvalue weighted by Gasteiger charge is 2.37. The smallest absolute Gasteiger partial charge is 0.227 e. The van der Waals surface area contributed by atoms with E-state index >= 15 is 0 Å². The SMILES string of the molecule is CC(C)(C)c1cc(NC2CNC2)nc(N2CCC2)n1.CC(C)(C)c1cc(NC2COC2)nc(N2CCN(C(=O)C3CC3)CC2)n1.CC(C)(C)c1cc(NC2COC2)nc(N2CCN(S(C)(=O)=O)CC2)n1.CC(C)N1CCN(c2nc(NC3CNC3)cc(C(C)(C)C)n2)CC1.CNc1nc(NC2CNC2)cc(C(C)(C)C)n1. The van der Waals surface area contributed by atoms with Gasteiger partial charge >= 0.3 is 0 Å². The molecule has 111 heavy (non-hydrogen) atoms. The van der Waals surface area contributed by atoms with Crippen LogP contribution in [-0.4, -0.2) is 285 Å². The molecule has 10 aliphatic rings. The lowest BCUT2D eigenvalue weighted by Crippen LogP contribution is -2.52. The molecular weight excluding hydrogens is 1430 g/mol. The molecule has 5 aromatic heterocycles. The minimum absolute atomic E-state index is 0.0196. The number of hydrogen-bond acceptors (Lipinski definition) is 29. The van der Waals surface area contributed by atoms with E-state index in [1.807, 2.05) is 24.1 Å². The summed E-state index contributed by atoms with van der Waals surface area (Å²) in [5, 5.41) is 30.1. The topological polar surface area (TPSA) is 330 Å². The molecule has 1 aliphatic carbocycles. The van der Waals surface area contributed by atoms with Gasteiger partial charge < -0.3 is 81.8 Å². The Kier molecular flexibility index (Phi) is 27.3. The minimum Gasteiger partial charge on any atom is -0.377 e. The zero-order valence-electron chi connectivity index (χ0n) is 70.1. The van der Waals surface area contributed by atoms with E-state index in [-0.39, 0.29) is 33.1 Å². The Morgan fingerprint density at radius 1 is 0.414 bits per heavy atom. The first kappa shape index (κ1) is 84.4. The molecule has 0 atom stereocenters. The maximum Gasteiger partial charge on any atom is 0.227 e. The summed E-state index contributed by atoms with van der Waals surface area (Å²) >= 11 is 0. The number of rotatable bonds is 18. The third-order valence-electron chi connectivity index (χ3n) is 21.3. The molecule has 31 nitrogen and oxygen atoms in total. The molecule has 0 radical (unpaired) electrons. The van der Waals surface area contributed by atoms with Gasteiger partial charge in [0.05, 0.1) is 91.4 Å². The maximum atomic E-state index is 12.3. The van der Waals surface area contributed by atoms with Crippen LogP contribution in [0.4, 0.5) is 58.8 Å². The Labute approximate surface area is 661 Å². The number of carbonyl (C=O) groups excluding carboxylic acids is 1. The van der Waals surface area contributed by atoms with Gasteiger partial charge in [-0.25, -0.2) is 33.3 Å². The summed E-state index contributed by atoms with van der Waals surface area (Å²) in [6.07, 6.45) is 4.63. The maximum absolute atomic E-state index is 12.3. The van der Waals surface area contributed by atoms with Crippen LogP contribution in [-0.2, 0) is 51.4 Å². The van der Waals surface area contributed by atoms with Crippen LogP contribution in [0.5, 0.6) is 0 Å². The highest BCUT2D eigenvalue weighted by Crippen LogP contribution is 2.34. The number of piperazine rings is 3. The quantitative estimate of drug-likeness (QED) is 0.0448. The normalized spacial score (nSPS) is 19.9. The molecular formula is C79H132N26O5S. The van der Waals surface area contributed by atoms with Crippen LogP contribution in [0.1, 0.15) is 165 Å². The molecule has 614 valence electrons. The van der Waals surface area contributed by atoms with Gasteiger partial charge in [-0.3, -0.25) is 9.69 Å². The van der Waals surface area contributed by atoms with E-state index in [0.29, 0.717) is 93.3 Å². The highest BCUT2D eigenvalue weighted by atomic mass is 32.2. The number of carbonyl (C=O) groups is 1. The number of amides is 1. The second-order valence-electron chi connectivity index (χ2n) is 36.7. The first-order valence-corrected chi connectivity index (χ1v) is 42.5. The van der Waals surface area contributed by atoms with Gasteiger partial charge in [0.1, 0.15) is 29.1 Å². The van der Waals surface area contributed by atoms with Crippen molar-refractivity contribution in [3.63, 3.8) is 0 Å². The van der Waals surface area contributed by atoms with Gasteiger partial charge in [0.2, 0.25) is 45.7 Å². The van der Waals surface area contributed by atoms with Crippen LogP contribution in [0, 0.1) is 5.92 Å². The summed E-state index contributed by atoms with van der Waals surface area (Å²) in [7, 11) is -1.30. The molecule has 5 aromatic rings. The van der Waals surface area contributed by atoms with E-state index in [1.165, 1.54) is 17.0 Å². The molecule has 0 spiro atoms. The van der Waals surface area contributed by atoms with Crippen molar-refractivity contribution < 1.29 is 22.7 Å². The largest absolute Gasteiger partial charge is 0.377 e. The monoisotopic (exact) mass is 1560 g/mol. The van der Waals surface area contributed by atoms with Crippen LogP contribution in [0.15, 0.2) is 30.3 Å². The van der Waals surface area contributed by atoms with Crippen LogP contribution in [0.25, 0.3) is 0 Å². The third kappa shape index (κ3) is 24.1. The third-order valence-corrected chi connectivity index (χ3v) is 22.6. The fourth-order valence-electron chi connectivity index (χ4n) is 12.9. The minimum atomic E-state index is -3.14. The van der Waals surface area contributed by atoms with Crippen LogP contribution < -0.4 is 67.5 Å². The van der Waals surface area contributed by atoms with E-state index < -0.39 is 10.0 Å². The Hall–Kier alpha value is -7.46. The van der Waals surface area contributed by atoms with Gasteiger partial charge in [0.15, 0.2) is 0 Å². The van der Waals surface area contributed by atoms with Crippen LogP contribution in [0.3, 0.4) is 0 Å². The van der Waals surface area contributed by atoms with Gasteiger partial charge in [0, 0.05) is 207 Å². The number of nitrogens with one attached hydrogen (secondary N) is 9. The number of sulfonamides is 1. The Morgan fingerprint density at radius 3 is 0.964 bits per heavy atom. The first-order chi connectivity index (χ1) is 52.4. The lowest BCUT2D eigenvalue weighted by molar-refractivity contribution is -0.132. The van der Waals surface area contributed by atoms with Crippen LogP contribution >= 0.6 is 0 Å². The molecule has 9 saturated heterocycles. The Balaban J connectivity index is 0.000000139. The van der Waals surface area contributed by atoms with E-state index in [4.69, 9.17) is 39.4 Å². The summed E-state index contributed by atoms with van der Waals surface area (Å²) in [4.78, 5) is 72.7. The molecule has 0 aromatic carbocycles. The average Bonchev–Trinajstić information content (AvgIpc) is 1.72. The van der Waals surface area contributed by atoms with E-state index in [2.05, 4.69) is 228 Å². The van der Waals surface area contributed by atoms with Crippen molar-refractivity contribution in [3.05, 3.63) is 58.8 Å². The predicted octanol–water partition coefficient (Wildman–Crippen LogP) is 6.57. The van der Waals surface area contributed by atoms with Crippen molar-refractivity contribution in [1.82, 2.24) is 79.9 Å². The van der Waals surface area contributed by atoms with Crippen molar-refractivity contribution in [2.24, 2.45) is 5.92 Å². The summed E-state index contributed by atoms with van der Waals surface area (Å²) < 4.78 is 35.3. The van der Waals surface area contributed by atoms with Gasteiger partial charge in [-0.05, 0) is 33.1 Å². The molecule has 0 unspecified atom stereocenters. The van der Waals surface area contributed by atoms with E-state index in [0.717, 1.165) is 206 Å². The molecule has 32 heteroatoms. The summed E-state index contributed by atoms with van der Waals surface area (Å²) in [6.45, 7) is 57.5.